The Bertz CT molecular complexity index is 692. The van der Waals surface area contributed by atoms with E-state index in [1.54, 1.807) is 23.1 Å². The Morgan fingerprint density at radius 2 is 2.04 bits per heavy atom. The van der Waals surface area contributed by atoms with Gasteiger partial charge in [-0.1, -0.05) is 26.7 Å². The zero-order valence-electron chi connectivity index (χ0n) is 16.2. The van der Waals surface area contributed by atoms with Crippen LogP contribution in [0, 0.1) is 5.92 Å². The lowest BCUT2D eigenvalue weighted by Crippen LogP contribution is -2.52. The fraction of sp³-hybridized carbons (Fsp3) is 0.550. The second-order valence-corrected chi connectivity index (χ2v) is 6.86. The third kappa shape index (κ3) is 4.93. The molecule has 0 spiro atoms. The molecular weight excluding hydrogens is 342 g/mol. The molecule has 1 fully saturated rings. The molecule has 2 aromatic heterocycles. The SMILES string of the molecule is CCC(CC)C(CNC(=O)c1ccc(-n2cccn2)nc1)N1CCOCC1. The summed E-state index contributed by atoms with van der Waals surface area (Å²) in [5.74, 6) is 1.17. The molecule has 146 valence electrons. The molecule has 1 atom stereocenters. The summed E-state index contributed by atoms with van der Waals surface area (Å²) >= 11 is 0. The van der Waals surface area contributed by atoms with Crippen LogP contribution in [0.4, 0.5) is 0 Å². The first-order valence-corrected chi connectivity index (χ1v) is 9.79. The zero-order chi connectivity index (χ0) is 19.1. The van der Waals surface area contributed by atoms with Crippen LogP contribution in [-0.2, 0) is 4.74 Å². The molecule has 1 N–H and O–H groups in total. The van der Waals surface area contributed by atoms with Gasteiger partial charge in [0.05, 0.1) is 18.8 Å². The molecule has 3 rings (SSSR count). The minimum absolute atomic E-state index is 0.0845. The summed E-state index contributed by atoms with van der Waals surface area (Å²) in [6, 6.07) is 5.78. The molecule has 1 unspecified atom stereocenters. The summed E-state index contributed by atoms with van der Waals surface area (Å²) < 4.78 is 7.16. The van der Waals surface area contributed by atoms with Crippen molar-refractivity contribution in [3.63, 3.8) is 0 Å². The first kappa shape index (κ1) is 19.5. The molecule has 7 heteroatoms. The van der Waals surface area contributed by atoms with E-state index in [0.29, 0.717) is 29.9 Å². The monoisotopic (exact) mass is 371 g/mol. The predicted octanol–water partition coefficient (Wildman–Crippen LogP) is 2.13. The molecule has 0 aromatic carbocycles. The number of rotatable bonds is 8. The number of amides is 1. The van der Waals surface area contributed by atoms with Crippen LogP contribution in [0.5, 0.6) is 0 Å². The summed E-state index contributed by atoms with van der Waals surface area (Å²) in [4.78, 5) is 19.4. The molecule has 1 aliphatic rings. The van der Waals surface area contributed by atoms with Gasteiger partial charge in [-0.25, -0.2) is 9.67 Å². The molecule has 1 aliphatic heterocycles. The van der Waals surface area contributed by atoms with Crippen LogP contribution >= 0.6 is 0 Å². The predicted molar refractivity (Wildman–Crippen MR) is 104 cm³/mol. The van der Waals surface area contributed by atoms with E-state index in [1.807, 2.05) is 18.3 Å². The van der Waals surface area contributed by atoms with Crippen molar-refractivity contribution in [1.29, 1.82) is 0 Å². The molecule has 1 saturated heterocycles. The van der Waals surface area contributed by atoms with Crippen LogP contribution in [0.15, 0.2) is 36.8 Å². The topological polar surface area (TPSA) is 72.3 Å². The van der Waals surface area contributed by atoms with Gasteiger partial charge in [0.1, 0.15) is 0 Å². The third-order valence-electron chi connectivity index (χ3n) is 5.33. The Labute approximate surface area is 160 Å². The molecule has 7 nitrogen and oxygen atoms in total. The van der Waals surface area contributed by atoms with Gasteiger partial charge in [-0.05, 0) is 24.1 Å². The van der Waals surface area contributed by atoms with E-state index in [0.717, 1.165) is 39.1 Å². The Kier molecular flexibility index (Phi) is 6.95. The zero-order valence-corrected chi connectivity index (χ0v) is 16.2. The molecule has 27 heavy (non-hydrogen) atoms. The summed E-state index contributed by atoms with van der Waals surface area (Å²) in [6.07, 6.45) is 7.34. The highest BCUT2D eigenvalue weighted by molar-refractivity contribution is 5.93. The number of ether oxygens (including phenoxy) is 1. The highest BCUT2D eigenvalue weighted by Gasteiger charge is 2.27. The number of pyridine rings is 1. The van der Waals surface area contributed by atoms with Crippen molar-refractivity contribution in [3.05, 3.63) is 42.4 Å². The molecular formula is C20H29N5O2. The summed E-state index contributed by atoms with van der Waals surface area (Å²) in [7, 11) is 0. The maximum Gasteiger partial charge on any atom is 0.252 e. The minimum Gasteiger partial charge on any atom is -0.379 e. The van der Waals surface area contributed by atoms with Crippen molar-refractivity contribution in [2.24, 2.45) is 5.92 Å². The van der Waals surface area contributed by atoms with Gasteiger partial charge in [-0.3, -0.25) is 9.69 Å². The van der Waals surface area contributed by atoms with Crippen LogP contribution in [0.1, 0.15) is 37.0 Å². The second kappa shape index (κ2) is 9.62. The maximum atomic E-state index is 12.6. The fourth-order valence-electron chi connectivity index (χ4n) is 3.70. The van der Waals surface area contributed by atoms with E-state index < -0.39 is 0 Å². The van der Waals surface area contributed by atoms with Crippen molar-refractivity contribution >= 4 is 5.91 Å². The van der Waals surface area contributed by atoms with Gasteiger partial charge in [0.2, 0.25) is 0 Å². The van der Waals surface area contributed by atoms with Crippen LogP contribution in [-0.4, -0.2) is 64.5 Å². The first-order chi connectivity index (χ1) is 13.2. The average molecular weight is 371 g/mol. The molecule has 2 aromatic rings. The van der Waals surface area contributed by atoms with Gasteiger partial charge >= 0.3 is 0 Å². The maximum absolute atomic E-state index is 12.6. The van der Waals surface area contributed by atoms with E-state index in [9.17, 15) is 4.79 Å². The number of hydrogen-bond acceptors (Lipinski definition) is 5. The number of aromatic nitrogens is 3. The van der Waals surface area contributed by atoms with Gasteiger partial charge in [0, 0.05) is 44.3 Å². The van der Waals surface area contributed by atoms with E-state index in [4.69, 9.17) is 4.74 Å². The van der Waals surface area contributed by atoms with E-state index in [2.05, 4.69) is 34.1 Å². The molecule has 0 aliphatic carbocycles. The summed E-state index contributed by atoms with van der Waals surface area (Å²) in [5, 5.41) is 7.26. The lowest BCUT2D eigenvalue weighted by atomic mass is 9.92. The van der Waals surface area contributed by atoms with Crippen molar-refractivity contribution in [2.75, 3.05) is 32.8 Å². The Morgan fingerprint density at radius 1 is 1.26 bits per heavy atom. The van der Waals surface area contributed by atoms with Gasteiger partial charge in [-0.15, -0.1) is 0 Å². The normalized spacial score (nSPS) is 16.4. The van der Waals surface area contributed by atoms with Gasteiger partial charge < -0.3 is 10.1 Å². The number of nitrogens with one attached hydrogen (secondary N) is 1. The number of carbonyl (C=O) groups excluding carboxylic acids is 1. The quantitative estimate of drug-likeness (QED) is 0.770. The summed E-state index contributed by atoms with van der Waals surface area (Å²) in [5.41, 5.74) is 0.566. The third-order valence-corrected chi connectivity index (χ3v) is 5.33. The van der Waals surface area contributed by atoms with Gasteiger partial charge in [0.25, 0.3) is 5.91 Å². The summed E-state index contributed by atoms with van der Waals surface area (Å²) in [6.45, 7) is 8.48. The number of hydrogen-bond donors (Lipinski definition) is 1. The average Bonchev–Trinajstić information content (AvgIpc) is 3.26. The molecule has 3 heterocycles. The van der Waals surface area contributed by atoms with Crippen LogP contribution in [0.2, 0.25) is 0 Å². The Hall–Kier alpha value is -2.25. The van der Waals surface area contributed by atoms with Crippen LogP contribution in [0.3, 0.4) is 0 Å². The molecule has 0 radical (unpaired) electrons. The molecule has 0 saturated carbocycles. The molecule has 0 bridgehead atoms. The number of nitrogens with zero attached hydrogens (tertiary/aromatic N) is 4. The standard InChI is InChI=1S/C20H29N5O2/c1-3-16(4-2)18(24-10-12-27-13-11-24)15-22-20(26)17-6-7-19(21-14-17)25-9-5-8-23-25/h5-9,14,16,18H,3-4,10-13,15H2,1-2H3,(H,22,26). The highest BCUT2D eigenvalue weighted by Crippen LogP contribution is 2.19. The van der Waals surface area contributed by atoms with Crippen molar-refractivity contribution in [1.82, 2.24) is 25.0 Å². The van der Waals surface area contributed by atoms with Gasteiger partial charge in [-0.2, -0.15) is 5.10 Å². The highest BCUT2D eigenvalue weighted by atomic mass is 16.5. The smallest absolute Gasteiger partial charge is 0.252 e. The van der Waals surface area contributed by atoms with E-state index >= 15 is 0 Å². The van der Waals surface area contributed by atoms with Crippen molar-refractivity contribution in [3.8, 4) is 5.82 Å². The lowest BCUT2D eigenvalue weighted by molar-refractivity contribution is 0.00191. The fourth-order valence-corrected chi connectivity index (χ4v) is 3.70. The number of morpholine rings is 1. The first-order valence-electron chi connectivity index (χ1n) is 9.79. The van der Waals surface area contributed by atoms with Crippen LogP contribution < -0.4 is 5.32 Å². The minimum atomic E-state index is -0.0845. The van der Waals surface area contributed by atoms with Crippen molar-refractivity contribution < 1.29 is 9.53 Å². The van der Waals surface area contributed by atoms with Crippen LogP contribution in [0.25, 0.3) is 5.82 Å². The number of carbonyl (C=O) groups is 1. The largest absolute Gasteiger partial charge is 0.379 e. The Balaban J connectivity index is 1.62. The van der Waals surface area contributed by atoms with E-state index in [1.165, 1.54) is 0 Å². The van der Waals surface area contributed by atoms with Gasteiger partial charge in [0.15, 0.2) is 5.82 Å². The second-order valence-electron chi connectivity index (χ2n) is 6.86. The lowest BCUT2D eigenvalue weighted by Gasteiger charge is -2.38. The van der Waals surface area contributed by atoms with E-state index in [-0.39, 0.29) is 5.91 Å². The Morgan fingerprint density at radius 3 is 2.63 bits per heavy atom. The van der Waals surface area contributed by atoms with Crippen molar-refractivity contribution in [2.45, 2.75) is 32.7 Å². The molecule has 1 amide bonds.